The van der Waals surface area contributed by atoms with E-state index in [2.05, 4.69) is 10.3 Å². The van der Waals surface area contributed by atoms with Gasteiger partial charge in [0.05, 0.1) is 17.1 Å². The van der Waals surface area contributed by atoms with E-state index in [0.717, 1.165) is 31.2 Å². The summed E-state index contributed by atoms with van der Waals surface area (Å²) >= 11 is 6.17. The molecule has 1 unspecified atom stereocenters. The number of benzene rings is 1. The highest BCUT2D eigenvalue weighted by atomic mass is 35.5. The maximum absolute atomic E-state index is 12.6. The molecule has 26 heavy (non-hydrogen) atoms. The molecule has 3 rings (SSSR count). The fourth-order valence-electron chi connectivity index (χ4n) is 3.33. The van der Waals surface area contributed by atoms with Crippen LogP contribution >= 0.6 is 11.6 Å². The summed E-state index contributed by atoms with van der Waals surface area (Å²) in [7, 11) is 0. The summed E-state index contributed by atoms with van der Waals surface area (Å²) in [4.78, 5) is 28.0. The second-order valence-electron chi connectivity index (χ2n) is 6.66. The molecule has 1 fully saturated rings. The normalized spacial score (nSPS) is 16.2. The molecule has 0 aliphatic heterocycles. The topological polar surface area (TPSA) is 84.2 Å². The van der Waals surface area contributed by atoms with Gasteiger partial charge in [-0.25, -0.2) is 9.78 Å². The highest BCUT2D eigenvalue weighted by molar-refractivity contribution is 6.33. The van der Waals surface area contributed by atoms with E-state index in [1.807, 2.05) is 0 Å². The quantitative estimate of drug-likeness (QED) is 0.786. The fraction of sp³-hybridized carbons (Fsp3) is 0.421. The van der Waals surface area contributed by atoms with Crippen LogP contribution < -0.4 is 11.0 Å². The Kier molecular flexibility index (Phi) is 6.06. The number of nitrogens with one attached hydrogen (secondary N) is 1. The SMILES string of the molecule is O=C(NC(O)C1CCCCC1)c1cc(Cn2cccnc2=O)ccc1Cl. The Morgan fingerprint density at radius 3 is 2.85 bits per heavy atom. The van der Waals surface area contributed by atoms with Gasteiger partial charge in [0.15, 0.2) is 0 Å². The van der Waals surface area contributed by atoms with Crippen molar-refractivity contribution in [2.45, 2.75) is 44.9 Å². The lowest BCUT2D eigenvalue weighted by Crippen LogP contribution is -2.41. The van der Waals surface area contributed by atoms with Gasteiger partial charge >= 0.3 is 5.69 Å². The van der Waals surface area contributed by atoms with Crippen LogP contribution in [0.2, 0.25) is 5.02 Å². The van der Waals surface area contributed by atoms with Crippen LogP contribution in [-0.2, 0) is 6.54 Å². The molecule has 0 spiro atoms. The number of halogens is 1. The lowest BCUT2D eigenvalue weighted by molar-refractivity contribution is 0.0463. The van der Waals surface area contributed by atoms with Gasteiger partial charge in [-0.3, -0.25) is 9.36 Å². The minimum atomic E-state index is -0.872. The smallest absolute Gasteiger partial charge is 0.347 e. The Morgan fingerprint density at radius 1 is 1.35 bits per heavy atom. The van der Waals surface area contributed by atoms with Crippen molar-refractivity contribution in [1.29, 1.82) is 0 Å². The first-order chi connectivity index (χ1) is 12.5. The van der Waals surface area contributed by atoms with Crippen LogP contribution in [0, 0.1) is 5.92 Å². The average molecular weight is 376 g/mol. The van der Waals surface area contributed by atoms with Gasteiger partial charge in [0.2, 0.25) is 0 Å². The summed E-state index contributed by atoms with van der Waals surface area (Å²) in [6.45, 7) is 0.287. The predicted molar refractivity (Wildman–Crippen MR) is 99.1 cm³/mol. The highest BCUT2D eigenvalue weighted by Crippen LogP contribution is 2.26. The molecule has 7 heteroatoms. The molecule has 1 aliphatic carbocycles. The zero-order valence-corrected chi connectivity index (χ0v) is 15.2. The van der Waals surface area contributed by atoms with Crippen LogP contribution in [0.1, 0.15) is 48.0 Å². The van der Waals surface area contributed by atoms with Gasteiger partial charge in [-0.1, -0.05) is 36.9 Å². The van der Waals surface area contributed by atoms with Crippen LogP contribution in [0.4, 0.5) is 0 Å². The molecule has 2 aromatic rings. The molecule has 1 atom stereocenters. The minimum Gasteiger partial charge on any atom is -0.373 e. The van der Waals surface area contributed by atoms with Crippen molar-refractivity contribution in [3.8, 4) is 0 Å². The van der Waals surface area contributed by atoms with E-state index in [-0.39, 0.29) is 23.7 Å². The van der Waals surface area contributed by atoms with E-state index in [9.17, 15) is 14.7 Å². The second-order valence-corrected chi connectivity index (χ2v) is 7.07. The largest absolute Gasteiger partial charge is 0.373 e. The molecule has 1 heterocycles. The van der Waals surface area contributed by atoms with E-state index in [1.54, 1.807) is 30.5 Å². The summed E-state index contributed by atoms with van der Waals surface area (Å²) in [5.41, 5.74) is 0.680. The number of aliphatic hydroxyl groups excluding tert-OH is 1. The van der Waals surface area contributed by atoms with E-state index in [1.165, 1.54) is 17.2 Å². The number of carbonyl (C=O) groups excluding carboxylic acids is 1. The van der Waals surface area contributed by atoms with E-state index < -0.39 is 12.1 Å². The van der Waals surface area contributed by atoms with Crippen LogP contribution in [-0.4, -0.2) is 26.8 Å². The highest BCUT2D eigenvalue weighted by Gasteiger charge is 2.24. The average Bonchev–Trinajstić information content (AvgIpc) is 2.65. The number of aliphatic hydroxyl groups is 1. The number of hydrogen-bond donors (Lipinski definition) is 2. The summed E-state index contributed by atoms with van der Waals surface area (Å²) in [6.07, 6.45) is 7.37. The molecule has 6 nitrogen and oxygen atoms in total. The number of rotatable bonds is 5. The van der Waals surface area contributed by atoms with Gasteiger partial charge in [0, 0.05) is 18.3 Å². The molecule has 1 saturated carbocycles. The molecular weight excluding hydrogens is 354 g/mol. The standard InChI is InChI=1S/C19H22ClN3O3/c20-16-8-7-13(12-23-10-4-9-21-19(23)26)11-15(16)18(25)22-17(24)14-5-2-1-3-6-14/h4,7-11,14,17,24H,1-3,5-6,12H2,(H,22,25). The maximum Gasteiger partial charge on any atom is 0.347 e. The van der Waals surface area contributed by atoms with Crippen molar-refractivity contribution in [2.75, 3.05) is 0 Å². The summed E-state index contributed by atoms with van der Waals surface area (Å²) in [5.74, 6) is -0.322. The molecule has 138 valence electrons. The third-order valence-electron chi connectivity index (χ3n) is 4.79. The zero-order valence-electron chi connectivity index (χ0n) is 14.4. The summed E-state index contributed by atoms with van der Waals surface area (Å²) in [5, 5.41) is 13.3. The first-order valence-electron chi connectivity index (χ1n) is 8.83. The van der Waals surface area contributed by atoms with Gasteiger partial charge in [-0.15, -0.1) is 0 Å². The first kappa shape index (κ1) is 18.6. The Hall–Kier alpha value is -2.18. The van der Waals surface area contributed by atoms with Gasteiger partial charge < -0.3 is 10.4 Å². The monoisotopic (exact) mass is 375 g/mol. The zero-order chi connectivity index (χ0) is 18.5. The number of hydrogen-bond acceptors (Lipinski definition) is 4. The van der Waals surface area contributed by atoms with Crippen LogP contribution in [0.5, 0.6) is 0 Å². The predicted octanol–water partition coefficient (Wildman–Crippen LogP) is 2.57. The molecule has 1 aromatic heterocycles. The van der Waals surface area contributed by atoms with E-state index >= 15 is 0 Å². The van der Waals surface area contributed by atoms with Gasteiger partial charge in [-0.2, -0.15) is 0 Å². The first-order valence-corrected chi connectivity index (χ1v) is 9.21. The second kappa shape index (κ2) is 8.47. The molecule has 0 bridgehead atoms. The maximum atomic E-state index is 12.6. The van der Waals surface area contributed by atoms with Crippen molar-refractivity contribution in [1.82, 2.24) is 14.9 Å². The molecule has 1 aromatic carbocycles. The van der Waals surface area contributed by atoms with Gasteiger partial charge in [0.25, 0.3) is 5.91 Å². The van der Waals surface area contributed by atoms with E-state index in [4.69, 9.17) is 11.6 Å². The molecule has 1 aliphatic rings. The van der Waals surface area contributed by atoms with E-state index in [0.29, 0.717) is 5.02 Å². The van der Waals surface area contributed by atoms with Gasteiger partial charge in [0.1, 0.15) is 6.23 Å². The lowest BCUT2D eigenvalue weighted by Gasteiger charge is -2.27. The van der Waals surface area contributed by atoms with Crippen molar-refractivity contribution in [3.63, 3.8) is 0 Å². The number of aromatic nitrogens is 2. The number of nitrogens with zero attached hydrogens (tertiary/aromatic N) is 2. The van der Waals surface area contributed by atoms with Crippen LogP contribution in [0.3, 0.4) is 0 Å². The third-order valence-corrected chi connectivity index (χ3v) is 5.12. The van der Waals surface area contributed by atoms with Crippen molar-refractivity contribution in [2.24, 2.45) is 5.92 Å². The van der Waals surface area contributed by atoms with Crippen molar-refractivity contribution >= 4 is 17.5 Å². The third kappa shape index (κ3) is 4.51. The lowest BCUT2D eigenvalue weighted by atomic mass is 9.88. The number of carbonyl (C=O) groups is 1. The number of amides is 1. The Balaban J connectivity index is 1.73. The summed E-state index contributed by atoms with van der Waals surface area (Å²) in [6, 6.07) is 6.70. The Morgan fingerprint density at radius 2 is 2.12 bits per heavy atom. The van der Waals surface area contributed by atoms with Crippen LogP contribution in [0.15, 0.2) is 41.5 Å². The van der Waals surface area contributed by atoms with Crippen LogP contribution in [0.25, 0.3) is 0 Å². The molecular formula is C19H22ClN3O3. The van der Waals surface area contributed by atoms with Gasteiger partial charge in [-0.05, 0) is 36.6 Å². The molecule has 0 saturated heterocycles. The minimum absolute atomic E-state index is 0.0867. The Labute approximate surface area is 156 Å². The Bertz CT molecular complexity index is 831. The fourth-order valence-corrected chi connectivity index (χ4v) is 3.53. The van der Waals surface area contributed by atoms with Crippen molar-refractivity contribution in [3.05, 3.63) is 63.3 Å². The molecule has 1 amide bonds. The molecule has 2 N–H and O–H groups in total. The van der Waals surface area contributed by atoms with Crippen molar-refractivity contribution < 1.29 is 9.90 Å². The molecule has 0 radical (unpaired) electrons. The summed E-state index contributed by atoms with van der Waals surface area (Å²) < 4.78 is 1.45.